The number of thiazole rings is 1. The third-order valence-corrected chi connectivity index (χ3v) is 15.3. The summed E-state index contributed by atoms with van der Waals surface area (Å²) in [6, 6.07) is 17.3. The highest BCUT2D eigenvalue weighted by molar-refractivity contribution is 7.51. The van der Waals surface area contributed by atoms with Gasteiger partial charge < -0.3 is 29.8 Å². The van der Waals surface area contributed by atoms with E-state index in [0.717, 1.165) is 71.1 Å². The third-order valence-electron chi connectivity index (χ3n) is 13.5. The monoisotopic (exact) mass is 867 g/mol. The number of carboxylic acid groups (broad SMARTS) is 1. The summed E-state index contributed by atoms with van der Waals surface area (Å²) < 4.78 is 21.1. The van der Waals surface area contributed by atoms with E-state index in [1.165, 1.54) is 11.3 Å². The Bertz CT molecular complexity index is 2520. The number of hydrogen-bond acceptors (Lipinski definition) is 10. The van der Waals surface area contributed by atoms with Crippen molar-refractivity contribution < 1.29 is 33.8 Å². The molecule has 3 aromatic heterocycles. The number of para-hydroxylation sites is 1. The second kappa shape index (κ2) is 15.7. The molecule has 5 aliphatic rings. The molecule has 322 valence electrons. The van der Waals surface area contributed by atoms with Crippen molar-refractivity contribution in [3.63, 3.8) is 0 Å². The summed E-state index contributed by atoms with van der Waals surface area (Å²) in [5.41, 5.74) is 5.47. The average molecular weight is 868 g/mol. The third kappa shape index (κ3) is 8.53. The van der Waals surface area contributed by atoms with E-state index in [0.29, 0.717) is 74.2 Å². The number of fused-ring (bicyclic) bond motifs is 2. The van der Waals surface area contributed by atoms with Gasteiger partial charge in [-0.15, -0.1) is 0 Å². The fourth-order valence-electron chi connectivity index (χ4n) is 12.3. The molecule has 0 saturated heterocycles. The summed E-state index contributed by atoms with van der Waals surface area (Å²) in [6.07, 6.45) is 9.03. The van der Waals surface area contributed by atoms with Crippen LogP contribution in [-0.4, -0.2) is 84.5 Å². The molecule has 16 heteroatoms. The molecule has 1 amide bonds. The molecule has 2 aromatic carbocycles. The van der Waals surface area contributed by atoms with Crippen molar-refractivity contribution in [1.29, 1.82) is 0 Å². The maximum absolute atomic E-state index is 13.6. The highest BCUT2D eigenvalue weighted by Crippen LogP contribution is 2.72. The number of nitrogens with one attached hydrogen (secondary N) is 2. The number of carbonyl (C=O) groups is 2. The molecule has 1 aliphatic heterocycles. The van der Waals surface area contributed by atoms with Gasteiger partial charge in [0.25, 0.3) is 5.91 Å². The van der Waals surface area contributed by atoms with Crippen LogP contribution in [0.2, 0.25) is 0 Å². The Morgan fingerprint density at radius 1 is 0.934 bits per heavy atom. The Morgan fingerprint density at radius 2 is 1.72 bits per heavy atom. The van der Waals surface area contributed by atoms with E-state index in [4.69, 9.17) is 24.6 Å². The normalized spacial score (nSPS) is 25.6. The zero-order valence-electron chi connectivity index (χ0n) is 34.9. The van der Waals surface area contributed by atoms with E-state index in [9.17, 15) is 19.3 Å². The van der Waals surface area contributed by atoms with Crippen LogP contribution in [0.3, 0.4) is 0 Å². The first kappa shape index (κ1) is 41.8. The van der Waals surface area contributed by atoms with Gasteiger partial charge in [-0.05, 0) is 123 Å². The van der Waals surface area contributed by atoms with Crippen LogP contribution in [-0.2, 0) is 28.8 Å². The highest BCUT2D eigenvalue weighted by atomic mass is 32.1. The van der Waals surface area contributed by atoms with Gasteiger partial charge in [0.05, 0.1) is 34.8 Å². The smallest absolute Gasteiger partial charge is 0.355 e. The summed E-state index contributed by atoms with van der Waals surface area (Å²) in [5, 5.41) is 22.3. The number of rotatable bonds is 15. The molecule has 5 N–H and O–H groups in total. The molecular weight excluding hydrogens is 814 g/mol. The predicted molar refractivity (Wildman–Crippen MR) is 235 cm³/mol. The number of aromatic carboxylic acids is 1. The van der Waals surface area contributed by atoms with E-state index in [-0.39, 0.29) is 39.6 Å². The van der Waals surface area contributed by atoms with Crippen LogP contribution in [0.4, 0.5) is 10.9 Å². The quantitative estimate of drug-likeness (QED) is 0.0511. The molecule has 0 spiro atoms. The Balaban J connectivity index is 0.911. The first-order valence-corrected chi connectivity index (χ1v) is 23.8. The summed E-state index contributed by atoms with van der Waals surface area (Å²) in [5.74, 6) is -0.813. The summed E-state index contributed by atoms with van der Waals surface area (Å²) in [6.45, 7) is 10.3. The fourth-order valence-corrected chi connectivity index (χ4v) is 13.7. The van der Waals surface area contributed by atoms with Crippen LogP contribution in [0, 0.1) is 23.2 Å². The molecular formula is C45H54N7O7PS. The first-order chi connectivity index (χ1) is 29.0. The lowest BCUT2D eigenvalue weighted by atomic mass is 9.39. The van der Waals surface area contributed by atoms with Crippen LogP contribution in [0.25, 0.3) is 21.3 Å². The molecule has 61 heavy (non-hydrogen) atoms. The minimum absolute atomic E-state index is 0.0322. The van der Waals surface area contributed by atoms with Gasteiger partial charge in [0.2, 0.25) is 0 Å². The molecule has 4 heterocycles. The minimum atomic E-state index is -3.99. The van der Waals surface area contributed by atoms with Crippen molar-refractivity contribution in [3.8, 4) is 11.1 Å². The second-order valence-electron chi connectivity index (χ2n) is 18.9. The number of ether oxygens (including phenoxy) is 1. The van der Waals surface area contributed by atoms with E-state index < -0.39 is 13.6 Å². The first-order valence-electron chi connectivity index (χ1n) is 21.2. The summed E-state index contributed by atoms with van der Waals surface area (Å²) in [7, 11) is -3.99. The summed E-state index contributed by atoms with van der Waals surface area (Å²) in [4.78, 5) is 56.3. The summed E-state index contributed by atoms with van der Waals surface area (Å²) >= 11 is 1.43. The molecule has 5 aromatic rings. The Morgan fingerprint density at radius 3 is 2.48 bits per heavy atom. The Kier molecular flexibility index (Phi) is 10.8. The number of benzene rings is 2. The van der Waals surface area contributed by atoms with Crippen molar-refractivity contribution in [3.05, 3.63) is 88.9 Å². The number of pyridine rings is 1. The fraction of sp³-hybridized carbons (Fsp3) is 0.489. The number of amides is 1. The average Bonchev–Trinajstić information content (AvgIpc) is 3.76. The van der Waals surface area contributed by atoms with Crippen molar-refractivity contribution in [2.24, 2.45) is 16.2 Å². The van der Waals surface area contributed by atoms with Gasteiger partial charge >= 0.3 is 13.6 Å². The lowest BCUT2D eigenvalue weighted by molar-refractivity contribution is -0.247. The van der Waals surface area contributed by atoms with E-state index in [1.54, 1.807) is 6.20 Å². The van der Waals surface area contributed by atoms with Crippen molar-refractivity contribution in [2.75, 3.05) is 42.6 Å². The standard InChI is InChI=1S/C45H54N7O7PS/c1-29-33(20-47-52(29)28-44-23-42(2)22-43(3,24-44)26-45(25-42,27-44)59-18-16-46-15-7-19-60(56,57)58)31-12-13-37(49-38(31)40(54)55)51-17-14-30-8-6-9-32(34(30)21-51)39(53)50-41-48-35-10-4-5-11-36(35)61-41/h4-6,8-13,20,46H,7,14-19,21-28H2,1-3H3,(H,54,55)(H,48,50,53)(H2,56,57,58). The van der Waals surface area contributed by atoms with Crippen molar-refractivity contribution in [2.45, 2.75) is 90.8 Å². The lowest BCUT2D eigenvalue weighted by Gasteiger charge is -2.69. The highest BCUT2D eigenvalue weighted by Gasteiger charge is 2.66. The van der Waals surface area contributed by atoms with Crippen molar-refractivity contribution in [1.82, 2.24) is 25.1 Å². The molecule has 10 rings (SSSR count). The number of carbonyl (C=O) groups excluding carboxylic acids is 1. The molecule has 4 fully saturated rings. The number of anilines is 2. The lowest BCUT2D eigenvalue weighted by Crippen LogP contribution is -2.64. The van der Waals surface area contributed by atoms with Crippen molar-refractivity contribution >= 4 is 52.0 Å². The largest absolute Gasteiger partial charge is 0.476 e. The molecule has 2 unspecified atom stereocenters. The van der Waals surface area contributed by atoms with Crippen LogP contribution in [0.15, 0.2) is 60.8 Å². The van der Waals surface area contributed by atoms with Crippen LogP contribution in [0.5, 0.6) is 0 Å². The topological polar surface area (TPSA) is 192 Å². The zero-order chi connectivity index (χ0) is 42.8. The van der Waals surface area contributed by atoms with E-state index in [1.807, 2.05) is 66.4 Å². The number of aromatic nitrogens is 4. The zero-order valence-corrected chi connectivity index (χ0v) is 36.7. The van der Waals surface area contributed by atoms with Crippen LogP contribution in [0.1, 0.15) is 96.5 Å². The molecule has 4 aliphatic carbocycles. The van der Waals surface area contributed by atoms with Gasteiger partial charge in [-0.3, -0.25) is 19.4 Å². The molecule has 0 radical (unpaired) electrons. The molecule has 4 bridgehead atoms. The number of carboxylic acids is 1. The van der Waals surface area contributed by atoms with Gasteiger partial charge in [0, 0.05) is 48.6 Å². The van der Waals surface area contributed by atoms with Gasteiger partial charge in [-0.1, -0.05) is 49.4 Å². The van der Waals surface area contributed by atoms with Gasteiger partial charge in [-0.2, -0.15) is 5.10 Å². The van der Waals surface area contributed by atoms with Crippen LogP contribution < -0.4 is 15.5 Å². The van der Waals surface area contributed by atoms with Gasteiger partial charge in [-0.25, -0.2) is 14.8 Å². The SMILES string of the molecule is Cc1c(-c2ccc(N3CCc4cccc(C(=O)Nc5nc6ccccc6s5)c4C3)nc2C(=O)O)cnn1CC12CC3(C)CC(C)(C1)CC(OCCNCCCP(=O)(O)O)(C3)C2. The van der Waals surface area contributed by atoms with E-state index in [2.05, 4.69) is 34.1 Å². The Labute approximate surface area is 359 Å². The number of nitrogens with zero attached hydrogens (tertiary/aromatic N) is 5. The number of hydrogen-bond donors (Lipinski definition) is 5. The van der Waals surface area contributed by atoms with Gasteiger partial charge in [0.15, 0.2) is 10.8 Å². The van der Waals surface area contributed by atoms with Gasteiger partial charge in [0.1, 0.15) is 5.82 Å². The minimum Gasteiger partial charge on any atom is -0.476 e. The molecule has 2 atom stereocenters. The Hall–Kier alpha value is -4.50. The van der Waals surface area contributed by atoms with E-state index >= 15 is 0 Å². The predicted octanol–water partition coefficient (Wildman–Crippen LogP) is 7.67. The maximum Gasteiger partial charge on any atom is 0.355 e. The maximum atomic E-state index is 13.6. The molecule has 4 saturated carbocycles. The molecule has 14 nitrogen and oxygen atoms in total. The second-order valence-corrected chi connectivity index (χ2v) is 21.7. The van der Waals surface area contributed by atoms with Crippen LogP contribution >= 0.6 is 18.9 Å².